The molecular formula is C17H21NO2. The van der Waals surface area contributed by atoms with E-state index in [-0.39, 0.29) is 6.42 Å². The molecule has 0 spiro atoms. The zero-order valence-electron chi connectivity index (χ0n) is 11.9. The first-order valence-electron chi connectivity index (χ1n) is 7.07. The number of fused-ring (bicyclic) bond motifs is 1. The van der Waals surface area contributed by atoms with Gasteiger partial charge in [-0.3, -0.25) is 4.79 Å². The average Bonchev–Trinajstić information content (AvgIpc) is 2.77. The quantitative estimate of drug-likeness (QED) is 0.773. The van der Waals surface area contributed by atoms with Gasteiger partial charge in [0.1, 0.15) is 0 Å². The molecule has 106 valence electrons. The second kappa shape index (κ2) is 6.42. The van der Waals surface area contributed by atoms with Crippen LogP contribution in [0.15, 0.2) is 42.6 Å². The van der Waals surface area contributed by atoms with E-state index in [1.807, 2.05) is 12.1 Å². The molecule has 0 atom stereocenters. The van der Waals surface area contributed by atoms with Crippen molar-refractivity contribution in [3.05, 3.63) is 48.2 Å². The van der Waals surface area contributed by atoms with Gasteiger partial charge in [-0.1, -0.05) is 37.3 Å². The standard InChI is InChI=1S/C17H21NO2/c1-3-13(2)11-18-12-14(7-6-10-17(19)20)15-8-4-5-9-16(15)18/h4-5,8-9,12H,2-3,6-7,10-11H2,1H3,(H,19,20). The fraction of sp³-hybridized carbons (Fsp3) is 0.353. The molecule has 0 aliphatic rings. The van der Waals surface area contributed by atoms with E-state index in [1.165, 1.54) is 22.0 Å². The molecule has 0 unspecified atom stereocenters. The Morgan fingerprint density at radius 2 is 2.10 bits per heavy atom. The maximum absolute atomic E-state index is 10.6. The molecule has 0 radical (unpaired) electrons. The van der Waals surface area contributed by atoms with Gasteiger partial charge in [-0.25, -0.2) is 0 Å². The van der Waals surface area contributed by atoms with Crippen LogP contribution in [0.3, 0.4) is 0 Å². The van der Waals surface area contributed by atoms with Crippen molar-refractivity contribution in [3.63, 3.8) is 0 Å². The first-order valence-corrected chi connectivity index (χ1v) is 7.07. The van der Waals surface area contributed by atoms with Gasteiger partial charge in [0, 0.05) is 30.1 Å². The molecule has 1 heterocycles. The number of carboxylic acids is 1. The van der Waals surface area contributed by atoms with Crippen molar-refractivity contribution in [2.75, 3.05) is 0 Å². The van der Waals surface area contributed by atoms with Crippen LogP contribution in [-0.4, -0.2) is 15.6 Å². The largest absolute Gasteiger partial charge is 0.481 e. The van der Waals surface area contributed by atoms with Crippen molar-refractivity contribution < 1.29 is 9.90 Å². The monoisotopic (exact) mass is 271 g/mol. The number of allylic oxidation sites excluding steroid dienone is 1. The summed E-state index contributed by atoms with van der Waals surface area (Å²) in [6, 6.07) is 8.28. The summed E-state index contributed by atoms with van der Waals surface area (Å²) in [5.41, 5.74) is 3.63. The molecule has 0 fully saturated rings. The van der Waals surface area contributed by atoms with Gasteiger partial charge in [0.2, 0.25) is 0 Å². The zero-order chi connectivity index (χ0) is 14.5. The molecule has 3 heteroatoms. The Hall–Kier alpha value is -2.03. The van der Waals surface area contributed by atoms with E-state index < -0.39 is 5.97 Å². The van der Waals surface area contributed by atoms with Crippen LogP contribution < -0.4 is 0 Å². The van der Waals surface area contributed by atoms with Crippen LogP contribution >= 0.6 is 0 Å². The lowest BCUT2D eigenvalue weighted by atomic mass is 10.1. The van der Waals surface area contributed by atoms with Crippen molar-refractivity contribution in [3.8, 4) is 0 Å². The summed E-state index contributed by atoms with van der Waals surface area (Å²) in [4.78, 5) is 10.6. The fourth-order valence-electron chi connectivity index (χ4n) is 2.44. The molecule has 2 aromatic rings. The highest BCUT2D eigenvalue weighted by atomic mass is 16.4. The number of benzene rings is 1. The number of aromatic nitrogens is 1. The third kappa shape index (κ3) is 3.29. The summed E-state index contributed by atoms with van der Waals surface area (Å²) >= 11 is 0. The topological polar surface area (TPSA) is 42.2 Å². The Labute approximate surface area is 119 Å². The number of hydrogen-bond acceptors (Lipinski definition) is 1. The van der Waals surface area contributed by atoms with Gasteiger partial charge in [0.25, 0.3) is 0 Å². The van der Waals surface area contributed by atoms with Gasteiger partial charge in [0.15, 0.2) is 0 Å². The summed E-state index contributed by atoms with van der Waals surface area (Å²) in [6.45, 7) is 7.01. The maximum Gasteiger partial charge on any atom is 0.303 e. The predicted octanol–water partition coefficient (Wildman–Crippen LogP) is 4.01. The molecule has 2 rings (SSSR count). The van der Waals surface area contributed by atoms with Crippen molar-refractivity contribution in [2.45, 2.75) is 39.2 Å². The zero-order valence-corrected chi connectivity index (χ0v) is 11.9. The Bertz CT molecular complexity index is 625. The van der Waals surface area contributed by atoms with Gasteiger partial charge >= 0.3 is 5.97 Å². The summed E-state index contributed by atoms with van der Waals surface area (Å²) in [6.07, 6.45) is 4.83. The Kier molecular flexibility index (Phi) is 4.61. The van der Waals surface area contributed by atoms with Crippen LogP contribution in [0.1, 0.15) is 31.7 Å². The third-order valence-corrected chi connectivity index (χ3v) is 3.60. The molecule has 20 heavy (non-hydrogen) atoms. The fourth-order valence-corrected chi connectivity index (χ4v) is 2.44. The molecule has 0 amide bonds. The van der Waals surface area contributed by atoms with E-state index >= 15 is 0 Å². The lowest BCUT2D eigenvalue weighted by Crippen LogP contribution is -1.98. The smallest absolute Gasteiger partial charge is 0.303 e. The van der Waals surface area contributed by atoms with Crippen LogP contribution in [0, 0.1) is 0 Å². The van der Waals surface area contributed by atoms with E-state index in [0.717, 1.165) is 19.4 Å². The summed E-state index contributed by atoms with van der Waals surface area (Å²) in [5, 5.41) is 9.97. The van der Waals surface area contributed by atoms with E-state index in [1.54, 1.807) is 0 Å². The van der Waals surface area contributed by atoms with Gasteiger partial charge in [-0.2, -0.15) is 0 Å². The van der Waals surface area contributed by atoms with Crippen LogP contribution in [0.4, 0.5) is 0 Å². The molecule has 0 aliphatic heterocycles. The minimum absolute atomic E-state index is 0.223. The number of aliphatic carboxylic acids is 1. The Balaban J connectivity index is 2.25. The number of carboxylic acid groups (broad SMARTS) is 1. The van der Waals surface area contributed by atoms with E-state index in [9.17, 15) is 4.79 Å². The molecular weight excluding hydrogens is 250 g/mol. The molecule has 1 aromatic carbocycles. The van der Waals surface area contributed by atoms with Crippen molar-refractivity contribution in [1.29, 1.82) is 0 Å². The Morgan fingerprint density at radius 3 is 2.80 bits per heavy atom. The second-order valence-corrected chi connectivity index (χ2v) is 5.15. The number of aryl methyl sites for hydroxylation is 1. The highest BCUT2D eigenvalue weighted by Gasteiger charge is 2.09. The van der Waals surface area contributed by atoms with Crippen molar-refractivity contribution in [1.82, 2.24) is 4.57 Å². The van der Waals surface area contributed by atoms with Gasteiger partial charge in [0.05, 0.1) is 0 Å². The van der Waals surface area contributed by atoms with E-state index in [2.05, 4.69) is 36.4 Å². The number of carbonyl (C=O) groups is 1. The highest BCUT2D eigenvalue weighted by molar-refractivity contribution is 5.84. The summed E-state index contributed by atoms with van der Waals surface area (Å²) in [7, 11) is 0. The molecule has 1 aromatic heterocycles. The summed E-state index contributed by atoms with van der Waals surface area (Å²) < 4.78 is 2.22. The van der Waals surface area contributed by atoms with Gasteiger partial charge < -0.3 is 9.67 Å². The highest BCUT2D eigenvalue weighted by Crippen LogP contribution is 2.24. The minimum atomic E-state index is -0.729. The third-order valence-electron chi connectivity index (χ3n) is 3.60. The van der Waals surface area contributed by atoms with Gasteiger partial charge in [-0.05, 0) is 30.9 Å². The molecule has 0 bridgehead atoms. The lowest BCUT2D eigenvalue weighted by molar-refractivity contribution is -0.137. The predicted molar refractivity (Wildman–Crippen MR) is 81.9 cm³/mol. The van der Waals surface area contributed by atoms with Crippen LogP contribution in [0.5, 0.6) is 0 Å². The lowest BCUT2D eigenvalue weighted by Gasteiger charge is -2.06. The number of nitrogens with zero attached hydrogens (tertiary/aromatic N) is 1. The first kappa shape index (κ1) is 14.4. The number of rotatable bonds is 7. The van der Waals surface area contributed by atoms with Gasteiger partial charge in [-0.15, -0.1) is 0 Å². The van der Waals surface area contributed by atoms with Crippen molar-refractivity contribution >= 4 is 16.9 Å². The number of para-hydroxylation sites is 1. The van der Waals surface area contributed by atoms with Crippen LogP contribution in [0.2, 0.25) is 0 Å². The molecule has 3 nitrogen and oxygen atoms in total. The minimum Gasteiger partial charge on any atom is -0.481 e. The average molecular weight is 271 g/mol. The van der Waals surface area contributed by atoms with E-state index in [0.29, 0.717) is 6.42 Å². The molecule has 0 aliphatic carbocycles. The van der Waals surface area contributed by atoms with E-state index in [4.69, 9.17) is 5.11 Å². The SMILES string of the molecule is C=C(CC)Cn1cc(CCCC(=O)O)c2ccccc21. The van der Waals surface area contributed by atoms with Crippen molar-refractivity contribution in [2.24, 2.45) is 0 Å². The maximum atomic E-state index is 10.6. The Morgan fingerprint density at radius 1 is 1.35 bits per heavy atom. The molecule has 1 N–H and O–H groups in total. The second-order valence-electron chi connectivity index (χ2n) is 5.15. The molecule has 0 saturated heterocycles. The molecule has 0 saturated carbocycles. The number of hydrogen-bond donors (Lipinski definition) is 1. The van der Waals surface area contributed by atoms with Crippen LogP contribution in [-0.2, 0) is 17.8 Å². The summed E-state index contributed by atoms with van der Waals surface area (Å²) in [5.74, 6) is -0.729. The first-order chi connectivity index (χ1) is 9.61. The normalized spacial score (nSPS) is 10.8. The van der Waals surface area contributed by atoms with Crippen LogP contribution in [0.25, 0.3) is 10.9 Å².